The van der Waals surface area contributed by atoms with E-state index in [0.29, 0.717) is 16.8 Å². The highest BCUT2D eigenvalue weighted by Crippen LogP contribution is 2.15. The molecule has 1 aromatic heterocycles. The van der Waals surface area contributed by atoms with Gasteiger partial charge in [0.2, 0.25) is 0 Å². The van der Waals surface area contributed by atoms with Crippen LogP contribution in [-0.2, 0) is 0 Å². The largest absolute Gasteiger partial charge is 0.350 e. The number of carbonyl (C=O) groups is 2. The van der Waals surface area contributed by atoms with Gasteiger partial charge >= 0.3 is 0 Å². The van der Waals surface area contributed by atoms with Crippen molar-refractivity contribution in [3.8, 4) is 5.69 Å². The van der Waals surface area contributed by atoms with E-state index in [-0.39, 0.29) is 17.9 Å². The van der Waals surface area contributed by atoms with Crippen LogP contribution in [0, 0.1) is 13.8 Å². The summed E-state index contributed by atoms with van der Waals surface area (Å²) in [5.41, 5.74) is 4.63. The molecule has 0 saturated heterocycles. The molecule has 3 rings (SSSR count). The zero-order valence-corrected chi connectivity index (χ0v) is 16.5. The van der Waals surface area contributed by atoms with Crippen molar-refractivity contribution >= 4 is 17.5 Å². The lowest BCUT2D eigenvalue weighted by molar-refractivity contribution is 0.0942. The van der Waals surface area contributed by atoms with Crippen LogP contribution in [0.4, 0.5) is 5.69 Å². The molecule has 0 aliphatic carbocycles. The first-order valence-corrected chi connectivity index (χ1v) is 9.19. The van der Waals surface area contributed by atoms with Gasteiger partial charge in [-0.1, -0.05) is 0 Å². The molecule has 1 heterocycles. The van der Waals surface area contributed by atoms with Crippen molar-refractivity contribution in [3.05, 3.63) is 77.1 Å². The number of aromatic nitrogens is 2. The Morgan fingerprint density at radius 3 is 2.00 bits per heavy atom. The Balaban J connectivity index is 1.68. The maximum Gasteiger partial charge on any atom is 0.255 e. The molecule has 2 aromatic carbocycles. The number of nitrogens with one attached hydrogen (secondary N) is 2. The fourth-order valence-corrected chi connectivity index (χ4v) is 2.90. The molecule has 2 amide bonds. The lowest BCUT2D eigenvalue weighted by Crippen LogP contribution is -2.30. The third kappa shape index (κ3) is 4.46. The highest BCUT2D eigenvalue weighted by Gasteiger charge is 2.10. The van der Waals surface area contributed by atoms with Crippen molar-refractivity contribution in [1.82, 2.24) is 15.1 Å². The zero-order valence-electron chi connectivity index (χ0n) is 16.5. The summed E-state index contributed by atoms with van der Waals surface area (Å²) in [4.78, 5) is 24.5. The second kappa shape index (κ2) is 8.08. The van der Waals surface area contributed by atoms with Gasteiger partial charge in [0.1, 0.15) is 0 Å². The summed E-state index contributed by atoms with van der Waals surface area (Å²) in [5, 5.41) is 10.1. The number of nitrogens with zero attached hydrogens (tertiary/aromatic N) is 2. The summed E-state index contributed by atoms with van der Waals surface area (Å²) in [5.74, 6) is -0.341. The predicted octanol–water partition coefficient (Wildman–Crippen LogP) is 3.88. The summed E-state index contributed by atoms with van der Waals surface area (Å²) in [7, 11) is 0. The van der Waals surface area contributed by atoms with Crippen LogP contribution in [0.5, 0.6) is 0 Å². The molecule has 0 unspecified atom stereocenters. The molecule has 0 spiro atoms. The molecule has 3 aromatic rings. The minimum atomic E-state index is -0.209. The SMILES string of the molecule is Cc1cc(C)n(-c2ccc(C(=O)Nc3ccc(C(=O)NC(C)C)cc3)cc2)n1. The summed E-state index contributed by atoms with van der Waals surface area (Å²) < 4.78 is 1.85. The molecule has 28 heavy (non-hydrogen) atoms. The second-order valence-electron chi connectivity index (χ2n) is 7.05. The van der Waals surface area contributed by atoms with Crippen LogP contribution in [0.1, 0.15) is 46.0 Å². The van der Waals surface area contributed by atoms with E-state index < -0.39 is 0 Å². The van der Waals surface area contributed by atoms with Gasteiger partial charge in [-0.2, -0.15) is 5.10 Å². The third-order valence-corrected chi connectivity index (χ3v) is 4.21. The van der Waals surface area contributed by atoms with E-state index in [4.69, 9.17) is 0 Å². The molecule has 0 atom stereocenters. The lowest BCUT2D eigenvalue weighted by atomic mass is 10.1. The normalized spacial score (nSPS) is 10.8. The molecule has 0 fully saturated rings. The van der Waals surface area contributed by atoms with Crippen LogP contribution in [0.25, 0.3) is 5.69 Å². The molecular formula is C22H24N4O2. The van der Waals surface area contributed by atoms with E-state index in [1.165, 1.54) is 0 Å². The maximum atomic E-state index is 12.5. The van der Waals surface area contributed by atoms with Crippen molar-refractivity contribution in [3.63, 3.8) is 0 Å². The number of carbonyl (C=O) groups excluding carboxylic acids is 2. The smallest absolute Gasteiger partial charge is 0.255 e. The van der Waals surface area contributed by atoms with E-state index in [1.54, 1.807) is 36.4 Å². The van der Waals surface area contributed by atoms with Gasteiger partial charge in [-0.25, -0.2) is 4.68 Å². The van der Waals surface area contributed by atoms with Crippen molar-refractivity contribution in [2.24, 2.45) is 0 Å². The molecule has 2 N–H and O–H groups in total. The standard InChI is InChI=1S/C22H24N4O2/c1-14(2)23-21(27)17-5-9-19(10-6-17)24-22(28)18-7-11-20(12-8-18)26-16(4)13-15(3)25-26/h5-14H,1-4H3,(H,23,27)(H,24,28). The van der Waals surface area contributed by atoms with Crippen LogP contribution in [-0.4, -0.2) is 27.6 Å². The van der Waals surface area contributed by atoms with E-state index in [2.05, 4.69) is 15.7 Å². The number of hydrogen-bond donors (Lipinski definition) is 2. The molecule has 0 bridgehead atoms. The molecule has 144 valence electrons. The monoisotopic (exact) mass is 376 g/mol. The van der Waals surface area contributed by atoms with Crippen LogP contribution >= 0.6 is 0 Å². The Hall–Kier alpha value is -3.41. The Bertz CT molecular complexity index is 986. The van der Waals surface area contributed by atoms with Gasteiger partial charge in [0, 0.05) is 28.6 Å². The van der Waals surface area contributed by atoms with Gasteiger partial charge in [0.15, 0.2) is 0 Å². The van der Waals surface area contributed by atoms with E-state index in [9.17, 15) is 9.59 Å². The molecule has 0 saturated carbocycles. The van der Waals surface area contributed by atoms with E-state index in [1.807, 2.05) is 50.6 Å². The quantitative estimate of drug-likeness (QED) is 0.709. The third-order valence-electron chi connectivity index (χ3n) is 4.21. The van der Waals surface area contributed by atoms with Gasteiger partial charge in [-0.3, -0.25) is 9.59 Å². The van der Waals surface area contributed by atoms with Crippen LogP contribution in [0.2, 0.25) is 0 Å². The van der Waals surface area contributed by atoms with Crippen LogP contribution in [0.3, 0.4) is 0 Å². The van der Waals surface area contributed by atoms with Crippen molar-refractivity contribution in [2.45, 2.75) is 33.7 Å². The van der Waals surface area contributed by atoms with E-state index in [0.717, 1.165) is 17.1 Å². The fraction of sp³-hybridized carbons (Fsp3) is 0.227. The Morgan fingerprint density at radius 1 is 0.893 bits per heavy atom. The molecule has 0 radical (unpaired) electrons. The van der Waals surface area contributed by atoms with Gasteiger partial charge in [0.05, 0.1) is 11.4 Å². The summed E-state index contributed by atoms with van der Waals surface area (Å²) in [6.45, 7) is 7.76. The Kier molecular flexibility index (Phi) is 5.59. The predicted molar refractivity (Wildman–Crippen MR) is 110 cm³/mol. The van der Waals surface area contributed by atoms with Crippen LogP contribution in [0.15, 0.2) is 54.6 Å². The molecule has 0 aliphatic heterocycles. The molecular weight excluding hydrogens is 352 g/mol. The van der Waals surface area contributed by atoms with Gasteiger partial charge in [0.25, 0.3) is 11.8 Å². The van der Waals surface area contributed by atoms with Crippen LogP contribution < -0.4 is 10.6 Å². The van der Waals surface area contributed by atoms with Gasteiger partial charge in [-0.15, -0.1) is 0 Å². The highest BCUT2D eigenvalue weighted by atomic mass is 16.2. The van der Waals surface area contributed by atoms with Gasteiger partial charge in [-0.05, 0) is 82.3 Å². The lowest BCUT2D eigenvalue weighted by Gasteiger charge is -2.10. The first-order chi connectivity index (χ1) is 13.3. The highest BCUT2D eigenvalue weighted by molar-refractivity contribution is 6.04. The summed E-state index contributed by atoms with van der Waals surface area (Å²) in [6.07, 6.45) is 0. The Morgan fingerprint density at radius 2 is 1.46 bits per heavy atom. The number of aryl methyl sites for hydroxylation is 2. The average molecular weight is 376 g/mol. The minimum absolute atomic E-state index is 0.0734. The molecule has 6 nitrogen and oxygen atoms in total. The van der Waals surface area contributed by atoms with Crippen molar-refractivity contribution < 1.29 is 9.59 Å². The Labute approximate surface area is 164 Å². The van der Waals surface area contributed by atoms with Gasteiger partial charge < -0.3 is 10.6 Å². The number of anilines is 1. The molecule has 0 aliphatic rings. The number of rotatable bonds is 5. The van der Waals surface area contributed by atoms with Crippen molar-refractivity contribution in [1.29, 1.82) is 0 Å². The summed E-state index contributed by atoms with van der Waals surface area (Å²) >= 11 is 0. The fourth-order valence-electron chi connectivity index (χ4n) is 2.90. The number of hydrogen-bond acceptors (Lipinski definition) is 3. The maximum absolute atomic E-state index is 12.5. The molecule has 6 heteroatoms. The summed E-state index contributed by atoms with van der Waals surface area (Å²) in [6, 6.07) is 16.2. The number of benzene rings is 2. The first-order valence-electron chi connectivity index (χ1n) is 9.19. The zero-order chi connectivity index (χ0) is 20.3. The number of amides is 2. The average Bonchev–Trinajstić information content (AvgIpc) is 3.00. The first kappa shape index (κ1) is 19.4. The second-order valence-corrected chi connectivity index (χ2v) is 7.05. The van der Waals surface area contributed by atoms with Crippen molar-refractivity contribution in [2.75, 3.05) is 5.32 Å². The topological polar surface area (TPSA) is 76.0 Å². The minimum Gasteiger partial charge on any atom is -0.350 e. The van der Waals surface area contributed by atoms with E-state index >= 15 is 0 Å².